The first kappa shape index (κ1) is 16.4. The molecule has 0 radical (unpaired) electrons. The number of halogens is 1. The first-order valence-corrected chi connectivity index (χ1v) is 8.44. The average molecular weight is 381 g/mol. The minimum absolute atomic E-state index is 0.201. The number of carbonyl (C=O) groups is 1. The van der Waals surface area contributed by atoms with E-state index in [2.05, 4.69) is 44.4 Å². The molecule has 3 aromatic rings. The summed E-state index contributed by atoms with van der Waals surface area (Å²) in [6.45, 7) is 3.89. The second kappa shape index (κ2) is 6.97. The van der Waals surface area contributed by atoms with Gasteiger partial charge in [0.15, 0.2) is 0 Å². The number of aryl methyl sites for hydroxylation is 1. The van der Waals surface area contributed by atoms with E-state index in [-0.39, 0.29) is 5.91 Å². The van der Waals surface area contributed by atoms with Gasteiger partial charge in [-0.05, 0) is 64.2 Å². The van der Waals surface area contributed by atoms with Gasteiger partial charge >= 0.3 is 0 Å². The normalized spacial score (nSPS) is 10.5. The second-order valence-corrected chi connectivity index (χ2v) is 6.53. The summed E-state index contributed by atoms with van der Waals surface area (Å²) in [5.41, 5.74) is 5.33. The number of nitrogens with zero attached hydrogens (tertiary/aromatic N) is 1. The Hall–Kier alpha value is -2.46. The van der Waals surface area contributed by atoms with Gasteiger partial charge in [-0.2, -0.15) is 0 Å². The van der Waals surface area contributed by atoms with Crippen LogP contribution in [0.25, 0.3) is 11.1 Å². The minimum Gasteiger partial charge on any atom is -0.320 e. The van der Waals surface area contributed by atoms with Crippen molar-refractivity contribution >= 4 is 27.5 Å². The third-order valence-corrected chi connectivity index (χ3v) is 4.36. The molecule has 0 unspecified atom stereocenters. The smallest absolute Gasteiger partial charge is 0.274 e. The highest BCUT2D eigenvalue weighted by atomic mass is 79.9. The van der Waals surface area contributed by atoms with Crippen LogP contribution in [-0.4, -0.2) is 10.9 Å². The monoisotopic (exact) mass is 380 g/mol. The minimum atomic E-state index is -0.201. The molecule has 0 saturated carbocycles. The predicted molar refractivity (Wildman–Crippen MR) is 101 cm³/mol. The molecule has 1 N–H and O–H groups in total. The molecule has 0 aliphatic heterocycles. The van der Waals surface area contributed by atoms with E-state index in [9.17, 15) is 4.79 Å². The maximum absolute atomic E-state index is 12.6. The van der Waals surface area contributed by atoms with Crippen LogP contribution in [0.3, 0.4) is 0 Å². The fourth-order valence-electron chi connectivity index (χ4n) is 2.66. The van der Waals surface area contributed by atoms with Crippen LogP contribution in [-0.2, 0) is 0 Å². The van der Waals surface area contributed by atoms with Crippen LogP contribution in [0, 0.1) is 13.8 Å². The van der Waals surface area contributed by atoms with Crippen LogP contribution in [0.4, 0.5) is 5.69 Å². The maximum Gasteiger partial charge on any atom is 0.274 e. The SMILES string of the molecule is Cc1cc(Br)cnc1C(=O)Nc1cccc(-c2ccccc2)c1C. The van der Waals surface area contributed by atoms with E-state index in [4.69, 9.17) is 0 Å². The van der Waals surface area contributed by atoms with Crippen LogP contribution in [0.5, 0.6) is 0 Å². The van der Waals surface area contributed by atoms with Gasteiger partial charge in [0.05, 0.1) is 0 Å². The molecule has 24 heavy (non-hydrogen) atoms. The van der Waals surface area contributed by atoms with Gasteiger partial charge in [0.1, 0.15) is 5.69 Å². The Kier molecular flexibility index (Phi) is 4.76. The third kappa shape index (κ3) is 3.39. The first-order valence-electron chi connectivity index (χ1n) is 7.65. The van der Waals surface area contributed by atoms with Crippen molar-refractivity contribution in [2.45, 2.75) is 13.8 Å². The molecule has 3 nitrogen and oxygen atoms in total. The van der Waals surface area contributed by atoms with Gasteiger partial charge in [0.2, 0.25) is 0 Å². The molecule has 0 spiro atoms. The summed E-state index contributed by atoms with van der Waals surface area (Å²) >= 11 is 3.37. The van der Waals surface area contributed by atoms with Crippen molar-refractivity contribution in [1.29, 1.82) is 0 Å². The zero-order valence-corrected chi connectivity index (χ0v) is 15.1. The largest absolute Gasteiger partial charge is 0.320 e. The van der Waals surface area contributed by atoms with Gasteiger partial charge in [-0.15, -0.1) is 0 Å². The molecule has 0 bridgehead atoms. The van der Waals surface area contributed by atoms with Crippen molar-refractivity contribution in [1.82, 2.24) is 4.98 Å². The quantitative estimate of drug-likeness (QED) is 0.662. The lowest BCUT2D eigenvalue weighted by atomic mass is 9.99. The lowest BCUT2D eigenvalue weighted by Crippen LogP contribution is -2.16. The van der Waals surface area contributed by atoms with Crippen LogP contribution >= 0.6 is 15.9 Å². The number of carbonyl (C=O) groups excluding carboxylic acids is 1. The van der Waals surface area contributed by atoms with E-state index < -0.39 is 0 Å². The number of amides is 1. The molecule has 1 heterocycles. The molecular weight excluding hydrogens is 364 g/mol. The molecule has 1 aromatic heterocycles. The van der Waals surface area contributed by atoms with Crippen LogP contribution < -0.4 is 5.32 Å². The van der Waals surface area contributed by atoms with Crippen molar-refractivity contribution < 1.29 is 4.79 Å². The van der Waals surface area contributed by atoms with E-state index >= 15 is 0 Å². The summed E-state index contributed by atoms with van der Waals surface area (Å²) < 4.78 is 0.860. The summed E-state index contributed by atoms with van der Waals surface area (Å²) in [4.78, 5) is 16.8. The summed E-state index contributed by atoms with van der Waals surface area (Å²) in [5, 5.41) is 2.98. The molecular formula is C20H17BrN2O. The molecule has 0 atom stereocenters. The maximum atomic E-state index is 12.6. The topological polar surface area (TPSA) is 42.0 Å². The number of benzene rings is 2. The Morgan fingerprint density at radius 2 is 1.79 bits per heavy atom. The Bertz CT molecular complexity index is 891. The fourth-order valence-corrected chi connectivity index (χ4v) is 3.11. The Morgan fingerprint density at radius 1 is 1.04 bits per heavy atom. The van der Waals surface area contributed by atoms with Gasteiger partial charge in [-0.1, -0.05) is 42.5 Å². The molecule has 4 heteroatoms. The van der Waals surface area contributed by atoms with Gasteiger partial charge in [-0.25, -0.2) is 4.98 Å². The van der Waals surface area contributed by atoms with Crippen LogP contribution in [0.15, 0.2) is 65.3 Å². The molecule has 0 saturated heterocycles. The lowest BCUT2D eigenvalue weighted by molar-refractivity contribution is 0.102. The van der Waals surface area contributed by atoms with E-state index in [1.807, 2.05) is 50.2 Å². The van der Waals surface area contributed by atoms with Crippen molar-refractivity contribution in [2.24, 2.45) is 0 Å². The molecule has 120 valence electrons. The van der Waals surface area contributed by atoms with Crippen molar-refractivity contribution in [3.8, 4) is 11.1 Å². The number of nitrogens with one attached hydrogen (secondary N) is 1. The van der Waals surface area contributed by atoms with Gasteiger partial charge < -0.3 is 5.32 Å². The number of hydrogen-bond acceptors (Lipinski definition) is 2. The van der Waals surface area contributed by atoms with E-state index in [0.29, 0.717) is 5.69 Å². The number of hydrogen-bond donors (Lipinski definition) is 1. The van der Waals surface area contributed by atoms with Gasteiger partial charge in [-0.3, -0.25) is 4.79 Å². The lowest BCUT2D eigenvalue weighted by Gasteiger charge is -2.13. The van der Waals surface area contributed by atoms with E-state index in [1.54, 1.807) is 6.20 Å². The molecule has 3 rings (SSSR count). The predicted octanol–water partition coefficient (Wildman–Crippen LogP) is 5.38. The van der Waals surface area contributed by atoms with Crippen molar-refractivity contribution in [2.75, 3.05) is 5.32 Å². The summed E-state index contributed by atoms with van der Waals surface area (Å²) in [5.74, 6) is -0.201. The van der Waals surface area contributed by atoms with Crippen molar-refractivity contribution in [3.05, 3.63) is 82.1 Å². The highest BCUT2D eigenvalue weighted by Gasteiger charge is 2.14. The number of rotatable bonds is 3. The zero-order valence-electron chi connectivity index (χ0n) is 13.5. The third-order valence-electron chi connectivity index (χ3n) is 3.93. The summed E-state index contributed by atoms with van der Waals surface area (Å²) in [6.07, 6.45) is 1.63. The average Bonchev–Trinajstić information content (AvgIpc) is 2.57. The second-order valence-electron chi connectivity index (χ2n) is 5.62. The molecule has 2 aromatic carbocycles. The van der Waals surface area contributed by atoms with Crippen LogP contribution in [0.1, 0.15) is 21.6 Å². The Balaban J connectivity index is 1.92. The van der Waals surface area contributed by atoms with Crippen LogP contribution in [0.2, 0.25) is 0 Å². The van der Waals surface area contributed by atoms with E-state index in [1.165, 1.54) is 0 Å². The molecule has 1 amide bonds. The molecule has 0 aliphatic rings. The fraction of sp³-hybridized carbons (Fsp3) is 0.100. The summed E-state index contributed by atoms with van der Waals surface area (Å²) in [6, 6.07) is 17.9. The van der Waals surface area contributed by atoms with E-state index in [0.717, 1.165) is 32.4 Å². The van der Waals surface area contributed by atoms with Crippen molar-refractivity contribution in [3.63, 3.8) is 0 Å². The van der Waals surface area contributed by atoms with Gasteiger partial charge in [0.25, 0.3) is 5.91 Å². The highest BCUT2D eigenvalue weighted by molar-refractivity contribution is 9.10. The standard InChI is InChI=1S/C20H17BrN2O/c1-13-11-16(21)12-22-19(13)20(24)23-18-10-6-9-17(14(18)2)15-7-4-3-5-8-15/h3-12H,1-2H3,(H,23,24). The number of anilines is 1. The summed E-state index contributed by atoms with van der Waals surface area (Å²) in [7, 11) is 0. The zero-order chi connectivity index (χ0) is 17.1. The van der Waals surface area contributed by atoms with Gasteiger partial charge in [0, 0.05) is 16.4 Å². The highest BCUT2D eigenvalue weighted by Crippen LogP contribution is 2.28. The molecule has 0 aliphatic carbocycles. The first-order chi connectivity index (χ1) is 11.6. The Morgan fingerprint density at radius 3 is 2.50 bits per heavy atom. The number of pyridine rings is 1. The Labute approximate surface area is 149 Å². The number of aromatic nitrogens is 1. The molecule has 0 fully saturated rings.